The van der Waals surface area contributed by atoms with Crippen LogP contribution >= 0.6 is 0 Å². The van der Waals surface area contributed by atoms with Crippen LogP contribution in [0.15, 0.2) is 18.6 Å². The van der Waals surface area contributed by atoms with Gasteiger partial charge in [0.25, 0.3) is 0 Å². The Balaban J connectivity index is 1.58. The van der Waals surface area contributed by atoms with Crippen molar-refractivity contribution in [1.82, 2.24) is 15.3 Å². The van der Waals surface area contributed by atoms with Gasteiger partial charge in [0.1, 0.15) is 0 Å². The van der Waals surface area contributed by atoms with Gasteiger partial charge in [-0.05, 0) is 18.9 Å². The summed E-state index contributed by atoms with van der Waals surface area (Å²) in [5.41, 5.74) is 1.03. The Bertz CT molecular complexity index is 256. The first kappa shape index (κ1) is 9.59. The number of nitrogens with zero attached hydrogens (tertiary/aromatic N) is 2. The van der Waals surface area contributed by atoms with Crippen LogP contribution in [0.25, 0.3) is 0 Å². The third-order valence-corrected chi connectivity index (χ3v) is 2.88. The molecule has 0 aromatic carbocycles. The van der Waals surface area contributed by atoms with Gasteiger partial charge in [-0.2, -0.15) is 0 Å². The molecule has 0 spiro atoms. The number of hydrogen-bond donors (Lipinski definition) is 1. The van der Waals surface area contributed by atoms with Crippen molar-refractivity contribution < 1.29 is 0 Å². The van der Waals surface area contributed by atoms with Gasteiger partial charge in [0.2, 0.25) is 0 Å². The molecule has 0 radical (unpaired) electrons. The van der Waals surface area contributed by atoms with Gasteiger partial charge in [-0.15, -0.1) is 0 Å². The maximum absolute atomic E-state index is 4.20. The van der Waals surface area contributed by atoms with Crippen LogP contribution in [0.5, 0.6) is 0 Å². The van der Waals surface area contributed by atoms with Crippen molar-refractivity contribution in [2.45, 2.75) is 32.2 Å². The van der Waals surface area contributed by atoms with Crippen molar-refractivity contribution in [3.63, 3.8) is 0 Å². The first-order valence-corrected chi connectivity index (χ1v) is 5.41. The number of hydrogen-bond acceptors (Lipinski definition) is 3. The maximum atomic E-state index is 4.20. The Labute approximate surface area is 85.0 Å². The van der Waals surface area contributed by atoms with Crippen LogP contribution in [0.2, 0.25) is 0 Å². The SMILES string of the molecule is c1cnc(CNCCC2CCC2)cn1. The Hall–Kier alpha value is -0.960. The minimum atomic E-state index is 0.848. The summed E-state index contributed by atoms with van der Waals surface area (Å²) in [6.07, 6.45) is 10.9. The van der Waals surface area contributed by atoms with Crippen molar-refractivity contribution in [2.24, 2.45) is 5.92 Å². The molecular formula is C11H17N3. The minimum Gasteiger partial charge on any atom is -0.311 e. The Morgan fingerprint density at radius 3 is 2.93 bits per heavy atom. The van der Waals surface area contributed by atoms with E-state index in [4.69, 9.17) is 0 Å². The average molecular weight is 191 g/mol. The van der Waals surface area contributed by atoms with Gasteiger partial charge in [0.15, 0.2) is 0 Å². The summed E-state index contributed by atoms with van der Waals surface area (Å²) in [6.45, 7) is 1.96. The zero-order chi connectivity index (χ0) is 9.64. The molecule has 1 aliphatic carbocycles. The minimum absolute atomic E-state index is 0.848. The molecule has 1 saturated carbocycles. The highest BCUT2D eigenvalue weighted by Crippen LogP contribution is 2.28. The topological polar surface area (TPSA) is 37.8 Å². The Morgan fingerprint density at radius 1 is 1.36 bits per heavy atom. The lowest BCUT2D eigenvalue weighted by Crippen LogP contribution is -2.21. The second-order valence-electron chi connectivity index (χ2n) is 3.96. The summed E-state index contributed by atoms with van der Waals surface area (Å²) in [5, 5.41) is 3.40. The molecule has 1 fully saturated rings. The molecule has 0 atom stereocenters. The normalized spacial score (nSPS) is 16.6. The lowest BCUT2D eigenvalue weighted by atomic mass is 9.83. The molecule has 3 nitrogen and oxygen atoms in total. The van der Waals surface area contributed by atoms with E-state index in [1.165, 1.54) is 25.7 Å². The van der Waals surface area contributed by atoms with E-state index in [2.05, 4.69) is 15.3 Å². The Kier molecular flexibility index (Phi) is 3.46. The van der Waals surface area contributed by atoms with E-state index in [-0.39, 0.29) is 0 Å². The first-order chi connectivity index (χ1) is 6.95. The smallest absolute Gasteiger partial charge is 0.0724 e. The summed E-state index contributed by atoms with van der Waals surface area (Å²) in [7, 11) is 0. The number of rotatable bonds is 5. The summed E-state index contributed by atoms with van der Waals surface area (Å²) in [5.74, 6) is 0.990. The van der Waals surface area contributed by atoms with E-state index in [1.54, 1.807) is 12.4 Å². The molecule has 1 aromatic rings. The molecule has 14 heavy (non-hydrogen) atoms. The van der Waals surface area contributed by atoms with Crippen LogP contribution in [-0.4, -0.2) is 16.5 Å². The van der Waals surface area contributed by atoms with Gasteiger partial charge in [-0.3, -0.25) is 9.97 Å². The predicted molar refractivity (Wildman–Crippen MR) is 55.7 cm³/mol. The van der Waals surface area contributed by atoms with Crippen molar-refractivity contribution >= 4 is 0 Å². The molecule has 1 heterocycles. The summed E-state index contributed by atoms with van der Waals surface area (Å²) >= 11 is 0. The fraction of sp³-hybridized carbons (Fsp3) is 0.636. The fourth-order valence-electron chi connectivity index (χ4n) is 1.73. The molecule has 76 valence electrons. The zero-order valence-corrected chi connectivity index (χ0v) is 8.45. The van der Waals surface area contributed by atoms with Crippen LogP contribution in [0.4, 0.5) is 0 Å². The van der Waals surface area contributed by atoms with Crippen molar-refractivity contribution in [1.29, 1.82) is 0 Å². The summed E-state index contributed by atoms with van der Waals surface area (Å²) < 4.78 is 0. The average Bonchev–Trinajstić information content (AvgIpc) is 2.16. The third-order valence-electron chi connectivity index (χ3n) is 2.88. The van der Waals surface area contributed by atoms with Crippen LogP contribution < -0.4 is 5.32 Å². The monoisotopic (exact) mass is 191 g/mol. The van der Waals surface area contributed by atoms with E-state index in [0.29, 0.717) is 0 Å². The van der Waals surface area contributed by atoms with Crippen LogP contribution in [0, 0.1) is 5.92 Å². The molecule has 0 bridgehead atoms. The maximum Gasteiger partial charge on any atom is 0.0724 e. The quantitative estimate of drug-likeness (QED) is 0.721. The summed E-state index contributed by atoms with van der Waals surface area (Å²) in [4.78, 5) is 8.23. The van der Waals surface area contributed by atoms with Crippen molar-refractivity contribution in [2.75, 3.05) is 6.54 Å². The van der Waals surface area contributed by atoms with E-state index >= 15 is 0 Å². The highest BCUT2D eigenvalue weighted by molar-refractivity contribution is 4.93. The van der Waals surface area contributed by atoms with Gasteiger partial charge >= 0.3 is 0 Å². The van der Waals surface area contributed by atoms with E-state index in [9.17, 15) is 0 Å². The van der Waals surface area contributed by atoms with Crippen LogP contribution in [0.3, 0.4) is 0 Å². The largest absolute Gasteiger partial charge is 0.311 e. The van der Waals surface area contributed by atoms with Crippen LogP contribution in [-0.2, 0) is 6.54 Å². The van der Waals surface area contributed by atoms with E-state index in [0.717, 1.165) is 24.7 Å². The fourth-order valence-corrected chi connectivity index (χ4v) is 1.73. The number of nitrogens with one attached hydrogen (secondary N) is 1. The van der Waals surface area contributed by atoms with Gasteiger partial charge in [-0.25, -0.2) is 0 Å². The van der Waals surface area contributed by atoms with Crippen molar-refractivity contribution in [3.8, 4) is 0 Å². The molecule has 2 rings (SSSR count). The molecule has 0 unspecified atom stereocenters. The summed E-state index contributed by atoms with van der Waals surface area (Å²) in [6, 6.07) is 0. The molecule has 3 heteroatoms. The first-order valence-electron chi connectivity index (χ1n) is 5.41. The molecule has 1 aliphatic rings. The second-order valence-corrected chi connectivity index (χ2v) is 3.96. The van der Waals surface area contributed by atoms with E-state index < -0.39 is 0 Å². The standard InChI is InChI=1S/C11H17N3/c1-2-10(3-1)4-5-12-8-11-9-13-6-7-14-11/h6-7,9-10,12H,1-5,8H2. The van der Waals surface area contributed by atoms with Gasteiger partial charge in [-0.1, -0.05) is 19.3 Å². The third kappa shape index (κ3) is 2.77. The van der Waals surface area contributed by atoms with Crippen LogP contribution in [0.1, 0.15) is 31.4 Å². The molecular weight excluding hydrogens is 174 g/mol. The van der Waals surface area contributed by atoms with Crippen molar-refractivity contribution in [3.05, 3.63) is 24.3 Å². The van der Waals surface area contributed by atoms with Gasteiger partial charge in [0.05, 0.1) is 5.69 Å². The predicted octanol–water partition coefficient (Wildman–Crippen LogP) is 1.76. The van der Waals surface area contributed by atoms with E-state index in [1.807, 2.05) is 6.20 Å². The highest BCUT2D eigenvalue weighted by atomic mass is 14.9. The second kappa shape index (κ2) is 5.05. The lowest BCUT2D eigenvalue weighted by molar-refractivity contribution is 0.292. The molecule has 0 aliphatic heterocycles. The molecule has 1 N–H and O–H groups in total. The lowest BCUT2D eigenvalue weighted by Gasteiger charge is -2.25. The zero-order valence-electron chi connectivity index (χ0n) is 8.45. The highest BCUT2D eigenvalue weighted by Gasteiger charge is 2.15. The van der Waals surface area contributed by atoms with Gasteiger partial charge in [0, 0.05) is 25.1 Å². The van der Waals surface area contributed by atoms with Gasteiger partial charge < -0.3 is 5.32 Å². The Morgan fingerprint density at radius 2 is 2.29 bits per heavy atom. The molecule has 0 saturated heterocycles. The molecule has 0 amide bonds. The number of aromatic nitrogens is 2. The molecule has 1 aromatic heterocycles.